The maximum absolute atomic E-state index is 5.76. The van der Waals surface area contributed by atoms with Gasteiger partial charge in [-0.25, -0.2) is 0 Å². The molecule has 0 aliphatic carbocycles. The molecule has 0 bridgehead atoms. The Morgan fingerprint density at radius 1 is 0.926 bits per heavy atom. The normalized spacial score (nSPS) is 11.6. The zero-order chi connectivity index (χ0) is 19.0. The number of benzene rings is 2. The largest absolute Gasteiger partial charge is 0.354 e. The van der Waals surface area contributed by atoms with E-state index in [2.05, 4.69) is 61.3 Å². The van der Waals surface area contributed by atoms with Crippen molar-refractivity contribution in [2.24, 2.45) is 5.73 Å². The highest BCUT2D eigenvalue weighted by molar-refractivity contribution is 6.01. The summed E-state index contributed by atoms with van der Waals surface area (Å²) in [7, 11) is 0. The molecule has 0 fully saturated rings. The second-order valence-electron chi connectivity index (χ2n) is 7.50. The number of fused-ring (bicyclic) bond motifs is 2. The molecule has 0 saturated heterocycles. The van der Waals surface area contributed by atoms with Crippen molar-refractivity contribution >= 4 is 21.8 Å². The van der Waals surface area contributed by atoms with Crippen LogP contribution in [0, 0.1) is 20.8 Å². The molecule has 0 aliphatic heterocycles. The lowest BCUT2D eigenvalue weighted by Crippen LogP contribution is -1.99. The topological polar surface area (TPSA) is 54.7 Å². The number of rotatable bonds is 5. The van der Waals surface area contributed by atoms with E-state index < -0.39 is 0 Å². The van der Waals surface area contributed by atoms with Crippen molar-refractivity contribution < 1.29 is 0 Å². The van der Waals surface area contributed by atoms with Gasteiger partial charge in [0, 0.05) is 27.5 Å². The number of aryl methyl sites for hydroxylation is 4. The molecule has 0 radical (unpaired) electrons. The van der Waals surface area contributed by atoms with Crippen LogP contribution in [0.3, 0.4) is 0 Å². The Bertz CT molecular complexity index is 1120. The van der Waals surface area contributed by atoms with Gasteiger partial charge in [0.25, 0.3) is 0 Å². The standard InChI is InChI=1S/C24H27N3/c1-15-10-11-16(2)23-22(15)20(7-4-5-14-25)24(27-23)19-8-6-9-21-18(19)13-12-17(3)26-21/h6,8-13,27H,4-5,7,14,25H2,1-3H3. The third-order valence-electron chi connectivity index (χ3n) is 5.50. The van der Waals surface area contributed by atoms with Crippen molar-refractivity contribution in [2.75, 3.05) is 6.54 Å². The fraction of sp³-hybridized carbons (Fsp3) is 0.292. The summed E-state index contributed by atoms with van der Waals surface area (Å²) in [5.41, 5.74) is 15.6. The molecule has 3 nitrogen and oxygen atoms in total. The molecule has 3 N–H and O–H groups in total. The summed E-state index contributed by atoms with van der Waals surface area (Å²) in [6.07, 6.45) is 3.19. The van der Waals surface area contributed by atoms with Crippen LogP contribution in [0.1, 0.15) is 35.2 Å². The van der Waals surface area contributed by atoms with E-state index in [1.807, 2.05) is 6.92 Å². The monoisotopic (exact) mass is 357 g/mol. The van der Waals surface area contributed by atoms with Crippen molar-refractivity contribution in [1.82, 2.24) is 9.97 Å². The summed E-state index contributed by atoms with van der Waals surface area (Å²) in [5, 5.41) is 2.57. The first-order valence-electron chi connectivity index (χ1n) is 9.77. The van der Waals surface area contributed by atoms with E-state index >= 15 is 0 Å². The Balaban J connectivity index is 2.00. The van der Waals surface area contributed by atoms with Crippen LogP contribution >= 0.6 is 0 Å². The van der Waals surface area contributed by atoms with Gasteiger partial charge in [0.05, 0.1) is 11.2 Å². The fourth-order valence-corrected chi connectivity index (χ4v) is 4.09. The molecule has 0 saturated carbocycles. The van der Waals surface area contributed by atoms with Crippen molar-refractivity contribution in [3.05, 3.63) is 64.8 Å². The van der Waals surface area contributed by atoms with Gasteiger partial charge < -0.3 is 10.7 Å². The summed E-state index contributed by atoms with van der Waals surface area (Å²) in [5.74, 6) is 0. The quantitative estimate of drug-likeness (QED) is 0.457. The van der Waals surface area contributed by atoms with Crippen LogP contribution in [-0.2, 0) is 6.42 Å². The van der Waals surface area contributed by atoms with Crippen LogP contribution < -0.4 is 5.73 Å². The van der Waals surface area contributed by atoms with Gasteiger partial charge in [-0.2, -0.15) is 0 Å². The third kappa shape index (κ3) is 3.13. The summed E-state index contributed by atoms with van der Waals surface area (Å²) >= 11 is 0. The molecule has 3 heteroatoms. The van der Waals surface area contributed by atoms with Gasteiger partial charge in [0.2, 0.25) is 0 Å². The van der Waals surface area contributed by atoms with Gasteiger partial charge in [-0.1, -0.05) is 30.3 Å². The highest BCUT2D eigenvalue weighted by atomic mass is 14.7. The summed E-state index contributed by atoms with van der Waals surface area (Å²) in [6.45, 7) is 7.17. The molecule has 0 aliphatic rings. The van der Waals surface area contributed by atoms with E-state index in [1.165, 1.54) is 44.2 Å². The zero-order valence-corrected chi connectivity index (χ0v) is 16.4. The zero-order valence-electron chi connectivity index (χ0n) is 16.4. The van der Waals surface area contributed by atoms with E-state index in [-0.39, 0.29) is 0 Å². The molecule has 0 unspecified atom stereocenters. The lowest BCUT2D eigenvalue weighted by molar-refractivity contribution is 0.748. The average Bonchev–Trinajstić information content (AvgIpc) is 3.05. The minimum Gasteiger partial charge on any atom is -0.354 e. The van der Waals surface area contributed by atoms with E-state index in [0.29, 0.717) is 0 Å². The lowest BCUT2D eigenvalue weighted by atomic mass is 9.95. The highest BCUT2D eigenvalue weighted by Crippen LogP contribution is 2.37. The molecular weight excluding hydrogens is 330 g/mol. The number of nitrogens with zero attached hydrogens (tertiary/aromatic N) is 1. The maximum Gasteiger partial charge on any atom is 0.0711 e. The second kappa shape index (κ2) is 7.16. The lowest BCUT2D eigenvalue weighted by Gasteiger charge is -2.09. The van der Waals surface area contributed by atoms with Crippen molar-refractivity contribution in [3.8, 4) is 11.3 Å². The fourth-order valence-electron chi connectivity index (χ4n) is 4.09. The first kappa shape index (κ1) is 17.7. The number of pyridine rings is 1. The minimum absolute atomic E-state index is 0.743. The van der Waals surface area contributed by atoms with Crippen molar-refractivity contribution in [2.45, 2.75) is 40.0 Å². The SMILES string of the molecule is Cc1ccc2c(-c3[nH]c4c(C)ccc(C)c4c3CCCCN)cccc2n1. The Morgan fingerprint density at radius 3 is 2.56 bits per heavy atom. The van der Waals surface area contributed by atoms with Gasteiger partial charge in [0.15, 0.2) is 0 Å². The second-order valence-corrected chi connectivity index (χ2v) is 7.50. The smallest absolute Gasteiger partial charge is 0.0711 e. The molecule has 0 spiro atoms. The van der Waals surface area contributed by atoms with Crippen molar-refractivity contribution in [3.63, 3.8) is 0 Å². The number of nitrogens with one attached hydrogen (secondary N) is 1. The van der Waals surface area contributed by atoms with Crippen LogP contribution in [0.25, 0.3) is 33.1 Å². The van der Waals surface area contributed by atoms with Gasteiger partial charge >= 0.3 is 0 Å². The molecule has 2 heterocycles. The maximum atomic E-state index is 5.76. The molecule has 4 aromatic rings. The van der Waals surface area contributed by atoms with Crippen LogP contribution in [0.4, 0.5) is 0 Å². The molecule has 138 valence electrons. The first-order chi connectivity index (χ1) is 13.1. The number of nitrogens with two attached hydrogens (primary N) is 1. The number of H-pyrrole nitrogens is 1. The first-order valence-corrected chi connectivity index (χ1v) is 9.77. The predicted molar refractivity (Wildman–Crippen MR) is 115 cm³/mol. The molecule has 0 amide bonds. The van der Waals surface area contributed by atoms with Gasteiger partial charge in [-0.15, -0.1) is 0 Å². The summed E-state index contributed by atoms with van der Waals surface area (Å²) in [4.78, 5) is 8.49. The van der Waals surface area contributed by atoms with E-state index in [0.717, 1.165) is 37.0 Å². The van der Waals surface area contributed by atoms with Crippen LogP contribution in [0.2, 0.25) is 0 Å². The number of aromatic amines is 1. The van der Waals surface area contributed by atoms with Crippen LogP contribution in [0.5, 0.6) is 0 Å². The Hall–Kier alpha value is -2.65. The van der Waals surface area contributed by atoms with E-state index in [1.54, 1.807) is 0 Å². The predicted octanol–water partition coefficient (Wildman–Crippen LogP) is 5.59. The molecule has 0 atom stereocenters. The van der Waals surface area contributed by atoms with E-state index in [4.69, 9.17) is 10.7 Å². The molecule has 4 rings (SSSR count). The minimum atomic E-state index is 0.743. The van der Waals surface area contributed by atoms with Crippen molar-refractivity contribution in [1.29, 1.82) is 0 Å². The average molecular weight is 358 g/mol. The van der Waals surface area contributed by atoms with Crippen LogP contribution in [-0.4, -0.2) is 16.5 Å². The number of aromatic nitrogens is 2. The van der Waals surface area contributed by atoms with Gasteiger partial charge in [-0.3, -0.25) is 4.98 Å². The van der Waals surface area contributed by atoms with Gasteiger partial charge in [0.1, 0.15) is 0 Å². The number of hydrogen-bond acceptors (Lipinski definition) is 2. The van der Waals surface area contributed by atoms with Crippen LogP contribution in [0.15, 0.2) is 42.5 Å². The molecular formula is C24H27N3. The molecule has 2 aromatic heterocycles. The highest BCUT2D eigenvalue weighted by Gasteiger charge is 2.17. The number of unbranched alkanes of at least 4 members (excludes halogenated alkanes) is 1. The molecule has 27 heavy (non-hydrogen) atoms. The Labute approximate surface area is 160 Å². The Morgan fingerprint density at radius 2 is 1.74 bits per heavy atom. The molecule has 2 aromatic carbocycles. The summed E-state index contributed by atoms with van der Waals surface area (Å²) < 4.78 is 0. The Kier molecular flexibility index (Phi) is 4.71. The van der Waals surface area contributed by atoms with E-state index in [9.17, 15) is 0 Å². The number of hydrogen-bond donors (Lipinski definition) is 2. The third-order valence-corrected chi connectivity index (χ3v) is 5.50. The summed E-state index contributed by atoms with van der Waals surface area (Å²) in [6, 6.07) is 15.1. The van der Waals surface area contributed by atoms with Gasteiger partial charge in [-0.05, 0) is 75.4 Å².